The van der Waals surface area contributed by atoms with E-state index in [0.29, 0.717) is 6.54 Å². The minimum absolute atomic E-state index is 0.201. The van der Waals surface area contributed by atoms with Crippen LogP contribution in [0.5, 0.6) is 0 Å². The summed E-state index contributed by atoms with van der Waals surface area (Å²) in [5, 5.41) is 7.12. The van der Waals surface area contributed by atoms with Crippen LogP contribution >= 0.6 is 0 Å². The molecule has 2 aromatic rings. The van der Waals surface area contributed by atoms with E-state index in [-0.39, 0.29) is 11.9 Å². The number of hydrogen-bond acceptors (Lipinski definition) is 3. The van der Waals surface area contributed by atoms with Crippen LogP contribution in [-0.2, 0) is 6.54 Å². The van der Waals surface area contributed by atoms with Gasteiger partial charge in [0.2, 0.25) is 0 Å². The van der Waals surface area contributed by atoms with Crippen molar-refractivity contribution < 1.29 is 8.91 Å². The Labute approximate surface area is 112 Å². The molecule has 0 bridgehead atoms. The Bertz CT molecular complexity index is 467. The average Bonchev–Trinajstić information content (AvgIpc) is 2.93. The van der Waals surface area contributed by atoms with Crippen molar-refractivity contribution in [3.63, 3.8) is 0 Å². The van der Waals surface area contributed by atoms with Crippen LogP contribution in [0.25, 0.3) is 0 Å². The van der Waals surface area contributed by atoms with E-state index in [1.165, 1.54) is 12.1 Å². The molecular formula is C15H19FN2O. The first kappa shape index (κ1) is 13.7. The molecule has 1 N–H and O–H groups in total. The smallest absolute Gasteiger partial charge is 0.150 e. The lowest BCUT2D eigenvalue weighted by Crippen LogP contribution is -2.20. The van der Waals surface area contributed by atoms with Crippen LogP contribution in [0.15, 0.2) is 41.1 Å². The minimum atomic E-state index is -0.201. The van der Waals surface area contributed by atoms with Gasteiger partial charge in [-0.25, -0.2) is 4.39 Å². The standard InChI is InChI=1S/C15H19FN2O/c1-2-3-4-15(12-5-7-13(16)8-6-12)17-11-14-9-10-18-19-14/h5-10,15,17H,2-4,11H2,1H3. The molecule has 1 aromatic carbocycles. The van der Waals surface area contributed by atoms with E-state index in [4.69, 9.17) is 4.52 Å². The number of nitrogens with zero attached hydrogens (tertiary/aromatic N) is 1. The normalized spacial score (nSPS) is 12.5. The number of rotatable bonds is 7. The number of hydrogen-bond donors (Lipinski definition) is 1. The van der Waals surface area contributed by atoms with Crippen LogP contribution in [0.2, 0.25) is 0 Å². The Morgan fingerprint density at radius 3 is 2.68 bits per heavy atom. The van der Waals surface area contributed by atoms with E-state index in [0.717, 1.165) is 30.6 Å². The minimum Gasteiger partial charge on any atom is -0.360 e. The van der Waals surface area contributed by atoms with Crippen LogP contribution in [-0.4, -0.2) is 5.16 Å². The third kappa shape index (κ3) is 4.17. The fourth-order valence-corrected chi connectivity index (χ4v) is 2.05. The van der Waals surface area contributed by atoms with E-state index in [1.54, 1.807) is 6.20 Å². The van der Waals surface area contributed by atoms with Crippen LogP contribution in [0.3, 0.4) is 0 Å². The highest BCUT2D eigenvalue weighted by Gasteiger charge is 2.11. The highest BCUT2D eigenvalue weighted by atomic mass is 19.1. The molecule has 0 amide bonds. The predicted molar refractivity (Wildman–Crippen MR) is 72.0 cm³/mol. The van der Waals surface area contributed by atoms with E-state index in [1.807, 2.05) is 18.2 Å². The van der Waals surface area contributed by atoms with E-state index < -0.39 is 0 Å². The summed E-state index contributed by atoms with van der Waals surface area (Å²) in [6, 6.07) is 8.74. The molecule has 2 rings (SSSR count). The van der Waals surface area contributed by atoms with Crippen LogP contribution in [0.4, 0.5) is 4.39 Å². The number of halogens is 1. The highest BCUT2D eigenvalue weighted by Crippen LogP contribution is 2.20. The van der Waals surface area contributed by atoms with Crippen LogP contribution in [0.1, 0.15) is 43.6 Å². The Morgan fingerprint density at radius 2 is 2.05 bits per heavy atom. The van der Waals surface area contributed by atoms with E-state index in [9.17, 15) is 4.39 Å². The van der Waals surface area contributed by atoms with E-state index >= 15 is 0 Å². The van der Waals surface area contributed by atoms with Crippen molar-refractivity contribution in [2.24, 2.45) is 0 Å². The first-order valence-corrected chi connectivity index (χ1v) is 6.68. The van der Waals surface area contributed by atoms with Crippen LogP contribution < -0.4 is 5.32 Å². The molecule has 0 fully saturated rings. The maximum Gasteiger partial charge on any atom is 0.150 e. The third-order valence-corrected chi connectivity index (χ3v) is 3.13. The monoisotopic (exact) mass is 262 g/mol. The Balaban J connectivity index is 2.00. The number of unbranched alkanes of at least 4 members (excludes halogenated alkanes) is 1. The number of benzene rings is 1. The first-order valence-electron chi connectivity index (χ1n) is 6.68. The van der Waals surface area contributed by atoms with E-state index in [2.05, 4.69) is 17.4 Å². The highest BCUT2D eigenvalue weighted by molar-refractivity contribution is 5.20. The fraction of sp³-hybridized carbons (Fsp3) is 0.400. The molecule has 4 heteroatoms. The largest absolute Gasteiger partial charge is 0.360 e. The quantitative estimate of drug-likeness (QED) is 0.824. The molecule has 0 aliphatic rings. The zero-order chi connectivity index (χ0) is 13.5. The molecule has 102 valence electrons. The van der Waals surface area contributed by atoms with Crippen molar-refractivity contribution in [3.8, 4) is 0 Å². The van der Waals surface area contributed by atoms with Gasteiger partial charge in [-0.1, -0.05) is 37.1 Å². The Hall–Kier alpha value is -1.68. The van der Waals surface area contributed by atoms with Crippen molar-refractivity contribution in [1.82, 2.24) is 10.5 Å². The van der Waals surface area contributed by atoms with Crippen molar-refractivity contribution >= 4 is 0 Å². The topological polar surface area (TPSA) is 38.1 Å². The SMILES string of the molecule is CCCCC(NCc1ccno1)c1ccc(F)cc1. The summed E-state index contributed by atoms with van der Waals surface area (Å²) in [5.74, 6) is 0.608. The van der Waals surface area contributed by atoms with Crippen LogP contribution in [0, 0.1) is 5.82 Å². The van der Waals surface area contributed by atoms with Crippen molar-refractivity contribution in [1.29, 1.82) is 0 Å². The maximum absolute atomic E-state index is 13.0. The molecular weight excluding hydrogens is 243 g/mol. The zero-order valence-electron chi connectivity index (χ0n) is 11.1. The van der Waals surface area contributed by atoms with Gasteiger partial charge < -0.3 is 9.84 Å². The second-order valence-electron chi connectivity index (χ2n) is 4.61. The molecule has 0 aliphatic heterocycles. The summed E-state index contributed by atoms with van der Waals surface area (Å²) >= 11 is 0. The molecule has 1 unspecified atom stereocenters. The van der Waals surface area contributed by atoms with Crippen molar-refractivity contribution in [3.05, 3.63) is 53.7 Å². The summed E-state index contributed by atoms with van der Waals surface area (Å²) in [6.07, 6.45) is 4.93. The van der Waals surface area contributed by atoms with Gasteiger partial charge in [0, 0.05) is 12.1 Å². The summed E-state index contributed by atoms with van der Waals surface area (Å²) in [7, 11) is 0. The summed E-state index contributed by atoms with van der Waals surface area (Å²) in [4.78, 5) is 0. The molecule has 0 saturated heterocycles. The maximum atomic E-state index is 13.0. The van der Waals surface area contributed by atoms with Gasteiger partial charge in [0.1, 0.15) is 11.6 Å². The molecule has 19 heavy (non-hydrogen) atoms. The summed E-state index contributed by atoms with van der Waals surface area (Å²) in [5.41, 5.74) is 1.11. The van der Waals surface area contributed by atoms with Gasteiger partial charge in [-0.2, -0.15) is 0 Å². The van der Waals surface area contributed by atoms with Gasteiger partial charge in [0.05, 0.1) is 12.7 Å². The number of nitrogens with one attached hydrogen (secondary N) is 1. The molecule has 0 aliphatic carbocycles. The fourth-order valence-electron chi connectivity index (χ4n) is 2.05. The average molecular weight is 262 g/mol. The molecule has 1 atom stereocenters. The Morgan fingerprint density at radius 1 is 1.26 bits per heavy atom. The lowest BCUT2D eigenvalue weighted by molar-refractivity contribution is 0.358. The molecule has 0 saturated carbocycles. The predicted octanol–water partition coefficient (Wildman–Crippen LogP) is 3.83. The molecule has 1 aromatic heterocycles. The van der Waals surface area contributed by atoms with Gasteiger partial charge >= 0.3 is 0 Å². The molecule has 0 spiro atoms. The Kier molecular flexibility index (Phi) is 5.10. The second kappa shape index (κ2) is 7.04. The second-order valence-corrected chi connectivity index (χ2v) is 4.61. The van der Waals surface area contributed by atoms with Crippen molar-refractivity contribution in [2.75, 3.05) is 0 Å². The molecule has 3 nitrogen and oxygen atoms in total. The van der Waals surface area contributed by atoms with Gasteiger partial charge in [-0.05, 0) is 24.1 Å². The third-order valence-electron chi connectivity index (χ3n) is 3.13. The molecule has 0 radical (unpaired) electrons. The lowest BCUT2D eigenvalue weighted by Gasteiger charge is -2.18. The first-order chi connectivity index (χ1) is 9.29. The van der Waals surface area contributed by atoms with Gasteiger partial charge in [0.25, 0.3) is 0 Å². The molecule has 1 heterocycles. The van der Waals surface area contributed by atoms with Gasteiger partial charge in [-0.3, -0.25) is 0 Å². The van der Waals surface area contributed by atoms with Gasteiger partial charge in [0.15, 0.2) is 0 Å². The van der Waals surface area contributed by atoms with Gasteiger partial charge in [-0.15, -0.1) is 0 Å². The van der Waals surface area contributed by atoms with Crippen molar-refractivity contribution in [2.45, 2.75) is 38.8 Å². The summed E-state index contributed by atoms with van der Waals surface area (Å²) < 4.78 is 18.0. The lowest BCUT2D eigenvalue weighted by atomic mass is 10.0. The number of aromatic nitrogens is 1. The summed E-state index contributed by atoms with van der Waals surface area (Å²) in [6.45, 7) is 2.80. The zero-order valence-corrected chi connectivity index (χ0v) is 11.1.